The van der Waals surface area contributed by atoms with Crippen LogP contribution in [-0.2, 0) is 32.4 Å². The number of nitrogens with one attached hydrogen (secondary N) is 1. The van der Waals surface area contributed by atoms with Crippen molar-refractivity contribution in [2.24, 2.45) is 0 Å². The third kappa shape index (κ3) is 4.82. The van der Waals surface area contributed by atoms with E-state index in [-0.39, 0.29) is 10.9 Å². The molecule has 1 atom stereocenters. The monoisotopic (exact) mass is 419 g/mol. The number of methoxy groups -OCH3 is 1. The summed E-state index contributed by atoms with van der Waals surface area (Å²) < 4.78 is 32.8. The fraction of sp³-hybridized carbons (Fsp3) is 0.286. The normalized spacial score (nSPS) is 16.8. The van der Waals surface area contributed by atoms with E-state index in [1.807, 2.05) is 13.0 Å². The van der Waals surface area contributed by atoms with Crippen molar-refractivity contribution in [2.45, 2.75) is 37.1 Å². The minimum absolute atomic E-state index is 0.188. The van der Waals surface area contributed by atoms with Crippen molar-refractivity contribution in [1.29, 1.82) is 0 Å². The van der Waals surface area contributed by atoms with Crippen LogP contribution in [0.5, 0.6) is 0 Å². The van der Waals surface area contributed by atoms with Gasteiger partial charge in [0, 0.05) is 17.1 Å². The molecule has 2 aromatic carbocycles. The van der Waals surface area contributed by atoms with E-state index in [0.717, 1.165) is 28.7 Å². The zero-order chi connectivity index (χ0) is 20.3. The Bertz CT molecular complexity index is 1010. The lowest BCUT2D eigenvalue weighted by Crippen LogP contribution is -2.39. The van der Waals surface area contributed by atoms with Crippen molar-refractivity contribution in [3.05, 3.63) is 69.8 Å². The Balaban J connectivity index is 1.81. The molecule has 1 aliphatic rings. The van der Waals surface area contributed by atoms with Crippen LogP contribution in [0, 0.1) is 6.92 Å². The predicted molar refractivity (Wildman–Crippen MR) is 110 cm³/mol. The molecule has 0 saturated heterocycles. The maximum absolute atomic E-state index is 12.7. The van der Waals surface area contributed by atoms with Crippen LogP contribution >= 0.6 is 11.6 Å². The number of hydrogen-bond acceptors (Lipinski definition) is 4. The maximum atomic E-state index is 12.7. The molecule has 28 heavy (non-hydrogen) atoms. The van der Waals surface area contributed by atoms with Gasteiger partial charge in [-0.1, -0.05) is 29.3 Å². The average molecular weight is 420 g/mol. The van der Waals surface area contributed by atoms with Gasteiger partial charge in [-0.2, -0.15) is 0 Å². The Kier molecular flexibility index (Phi) is 6.23. The summed E-state index contributed by atoms with van der Waals surface area (Å²) in [6, 6.07) is 10.0. The first-order valence-electron chi connectivity index (χ1n) is 8.95. The second-order valence-electron chi connectivity index (χ2n) is 6.86. The van der Waals surface area contributed by atoms with Gasteiger partial charge in [-0.15, -0.1) is 0 Å². The lowest BCUT2D eigenvalue weighted by Gasteiger charge is -2.27. The molecule has 0 amide bonds. The smallest absolute Gasteiger partial charge is 0.330 e. The molecule has 2 aromatic rings. The molecular weight excluding hydrogens is 398 g/mol. The van der Waals surface area contributed by atoms with Gasteiger partial charge in [0.15, 0.2) is 0 Å². The largest absolute Gasteiger partial charge is 0.466 e. The highest BCUT2D eigenvalue weighted by Gasteiger charge is 2.25. The maximum Gasteiger partial charge on any atom is 0.330 e. The Morgan fingerprint density at radius 3 is 2.64 bits per heavy atom. The van der Waals surface area contributed by atoms with Crippen molar-refractivity contribution in [3.8, 4) is 0 Å². The number of carbonyl (C=O) groups is 1. The van der Waals surface area contributed by atoms with Gasteiger partial charge < -0.3 is 4.74 Å². The number of esters is 1. The molecule has 0 bridgehead atoms. The van der Waals surface area contributed by atoms with E-state index in [9.17, 15) is 13.2 Å². The van der Waals surface area contributed by atoms with Crippen molar-refractivity contribution >= 4 is 33.7 Å². The lowest BCUT2D eigenvalue weighted by atomic mass is 9.84. The van der Waals surface area contributed by atoms with Gasteiger partial charge in [0.25, 0.3) is 0 Å². The van der Waals surface area contributed by atoms with Gasteiger partial charge in [-0.3, -0.25) is 0 Å². The van der Waals surface area contributed by atoms with Crippen molar-refractivity contribution in [3.63, 3.8) is 0 Å². The van der Waals surface area contributed by atoms with E-state index in [1.165, 1.54) is 25.3 Å². The van der Waals surface area contributed by atoms with Crippen LogP contribution in [0.2, 0.25) is 5.02 Å². The lowest BCUT2D eigenvalue weighted by molar-refractivity contribution is -0.134. The summed E-state index contributed by atoms with van der Waals surface area (Å²) in [5, 5.41) is 0.494. The van der Waals surface area contributed by atoms with Crippen LogP contribution in [0.3, 0.4) is 0 Å². The molecule has 0 spiro atoms. The number of carbonyl (C=O) groups excluding carboxylic acids is 1. The van der Waals surface area contributed by atoms with Crippen molar-refractivity contribution in [1.82, 2.24) is 4.72 Å². The summed E-state index contributed by atoms with van der Waals surface area (Å²) in [5.74, 6) is -0.403. The summed E-state index contributed by atoms with van der Waals surface area (Å²) in [5.41, 5.74) is 4.27. The van der Waals surface area contributed by atoms with Crippen LogP contribution in [-0.4, -0.2) is 27.5 Å². The minimum Gasteiger partial charge on any atom is -0.466 e. The molecular formula is C21H22ClNO4S. The minimum atomic E-state index is -3.61. The number of rotatable bonds is 5. The summed E-state index contributed by atoms with van der Waals surface area (Å²) in [6.07, 6.45) is 5.18. The Morgan fingerprint density at radius 2 is 1.96 bits per heavy atom. The standard InChI is InChI=1S/C21H22ClNO4S/c1-14-11-15(3-10-21(24)27-2)20-9-6-18(13-16(20)12-14)23-28(25,26)19-7-4-17(22)5-8-19/h3-5,7-8,10-12,18,23H,6,9,13H2,1-2H3. The van der Waals surface area contributed by atoms with Crippen LogP contribution in [0.15, 0.2) is 47.4 Å². The third-order valence-corrected chi connectivity index (χ3v) is 6.56. The molecule has 1 aliphatic carbocycles. The van der Waals surface area contributed by atoms with Crippen LogP contribution in [0.4, 0.5) is 0 Å². The van der Waals surface area contributed by atoms with E-state index in [1.54, 1.807) is 18.2 Å². The summed E-state index contributed by atoms with van der Waals surface area (Å²) >= 11 is 5.84. The fourth-order valence-corrected chi connectivity index (χ4v) is 4.87. The number of halogens is 1. The molecule has 0 fully saturated rings. The second-order valence-corrected chi connectivity index (χ2v) is 9.01. The van der Waals surface area contributed by atoms with E-state index >= 15 is 0 Å². The molecule has 0 aromatic heterocycles. The van der Waals surface area contributed by atoms with Crippen LogP contribution in [0.25, 0.3) is 6.08 Å². The molecule has 0 aliphatic heterocycles. The highest BCUT2D eigenvalue weighted by molar-refractivity contribution is 7.89. The average Bonchev–Trinajstić information content (AvgIpc) is 2.65. The van der Waals surface area contributed by atoms with Crippen molar-refractivity contribution < 1.29 is 17.9 Å². The molecule has 148 valence electrons. The van der Waals surface area contributed by atoms with E-state index in [2.05, 4.69) is 15.5 Å². The Morgan fingerprint density at radius 1 is 1.25 bits per heavy atom. The van der Waals surface area contributed by atoms with E-state index in [0.29, 0.717) is 17.9 Å². The van der Waals surface area contributed by atoms with Gasteiger partial charge >= 0.3 is 5.97 Å². The summed E-state index contributed by atoms with van der Waals surface area (Å²) in [7, 11) is -2.27. The number of aryl methyl sites for hydroxylation is 1. The molecule has 0 saturated carbocycles. The predicted octanol–water partition coefficient (Wildman–Crippen LogP) is 3.67. The van der Waals surface area contributed by atoms with Gasteiger partial charge in [-0.25, -0.2) is 17.9 Å². The summed E-state index contributed by atoms with van der Waals surface area (Å²) in [6.45, 7) is 1.98. The molecule has 3 rings (SSSR count). The third-order valence-electron chi connectivity index (χ3n) is 4.78. The molecule has 1 unspecified atom stereocenters. The van der Waals surface area contributed by atoms with Gasteiger partial charge in [0.1, 0.15) is 0 Å². The van der Waals surface area contributed by atoms with E-state index < -0.39 is 16.0 Å². The highest BCUT2D eigenvalue weighted by atomic mass is 35.5. The molecule has 0 heterocycles. The van der Waals surface area contributed by atoms with Gasteiger partial charge in [-0.05, 0) is 73.2 Å². The number of fused-ring (bicyclic) bond motifs is 1. The van der Waals surface area contributed by atoms with Crippen molar-refractivity contribution in [2.75, 3.05) is 7.11 Å². The number of ether oxygens (including phenoxy) is 1. The first-order valence-corrected chi connectivity index (χ1v) is 10.8. The van der Waals surface area contributed by atoms with Crippen LogP contribution < -0.4 is 4.72 Å². The number of sulfonamides is 1. The summed E-state index contributed by atoms with van der Waals surface area (Å²) in [4.78, 5) is 11.6. The Hall–Kier alpha value is -2.15. The van der Waals surface area contributed by atoms with E-state index in [4.69, 9.17) is 11.6 Å². The molecule has 0 radical (unpaired) electrons. The first-order chi connectivity index (χ1) is 13.3. The first kappa shape index (κ1) is 20.6. The molecule has 5 nitrogen and oxygen atoms in total. The SMILES string of the molecule is COC(=O)C=Cc1cc(C)cc2c1CCC(NS(=O)(=O)c1ccc(Cl)cc1)C2. The molecule has 1 N–H and O–H groups in total. The zero-order valence-electron chi connectivity index (χ0n) is 15.7. The fourth-order valence-electron chi connectivity index (χ4n) is 3.47. The number of benzene rings is 2. The van der Waals surface area contributed by atoms with Gasteiger partial charge in [0.2, 0.25) is 10.0 Å². The second kappa shape index (κ2) is 8.47. The number of hydrogen-bond donors (Lipinski definition) is 1. The zero-order valence-corrected chi connectivity index (χ0v) is 17.3. The molecule has 7 heteroatoms. The Labute approximate surface area is 170 Å². The topological polar surface area (TPSA) is 72.5 Å². The highest BCUT2D eigenvalue weighted by Crippen LogP contribution is 2.28. The quantitative estimate of drug-likeness (QED) is 0.592. The van der Waals surface area contributed by atoms with Crippen LogP contribution in [0.1, 0.15) is 28.7 Å². The van der Waals surface area contributed by atoms with Gasteiger partial charge in [0.05, 0.1) is 12.0 Å².